The van der Waals surface area contributed by atoms with Gasteiger partial charge in [-0.25, -0.2) is 0 Å². The summed E-state index contributed by atoms with van der Waals surface area (Å²) in [5.74, 6) is 1.98. The van der Waals surface area contributed by atoms with Gasteiger partial charge in [0.1, 0.15) is 0 Å². The standard InChI is InChI=1S/C12H22N2S2/c1-9-7-13-12(16-8-9)14-10-3-5-11(15-2)6-4-10/h9-11H,3-8H2,1-2H3,(H,13,14). The molecule has 2 nitrogen and oxygen atoms in total. The van der Waals surface area contributed by atoms with Crippen molar-refractivity contribution in [3.8, 4) is 0 Å². The van der Waals surface area contributed by atoms with Gasteiger partial charge in [-0.1, -0.05) is 18.7 Å². The van der Waals surface area contributed by atoms with E-state index in [4.69, 9.17) is 0 Å². The Bertz CT molecular complexity index is 247. The fraction of sp³-hybridized carbons (Fsp3) is 0.917. The summed E-state index contributed by atoms with van der Waals surface area (Å²) >= 11 is 3.94. The maximum Gasteiger partial charge on any atom is 0.156 e. The molecule has 2 aliphatic rings. The van der Waals surface area contributed by atoms with Crippen molar-refractivity contribution in [1.82, 2.24) is 5.32 Å². The summed E-state index contributed by atoms with van der Waals surface area (Å²) in [5.41, 5.74) is 0. The van der Waals surface area contributed by atoms with Crippen LogP contribution in [-0.4, -0.2) is 35.0 Å². The summed E-state index contributed by atoms with van der Waals surface area (Å²) < 4.78 is 0. The predicted octanol–water partition coefficient (Wildman–Crippen LogP) is 2.99. The molecule has 0 radical (unpaired) electrons. The van der Waals surface area contributed by atoms with Crippen molar-refractivity contribution in [1.29, 1.82) is 0 Å². The van der Waals surface area contributed by atoms with Gasteiger partial charge in [-0.15, -0.1) is 0 Å². The van der Waals surface area contributed by atoms with Gasteiger partial charge in [-0.05, 0) is 37.9 Å². The molecule has 16 heavy (non-hydrogen) atoms. The lowest BCUT2D eigenvalue weighted by molar-refractivity contribution is 0.423. The molecule has 1 atom stereocenters. The monoisotopic (exact) mass is 258 g/mol. The first-order valence-electron chi connectivity index (χ1n) is 6.24. The molecule has 1 saturated carbocycles. The molecule has 2 rings (SSSR count). The normalized spacial score (nSPS) is 35.6. The van der Waals surface area contributed by atoms with Gasteiger partial charge in [-0.3, -0.25) is 4.99 Å². The van der Waals surface area contributed by atoms with Crippen molar-refractivity contribution >= 4 is 28.7 Å². The average molecular weight is 258 g/mol. The molecule has 4 heteroatoms. The van der Waals surface area contributed by atoms with Crippen LogP contribution in [0.2, 0.25) is 0 Å². The number of amidine groups is 1. The summed E-state index contributed by atoms with van der Waals surface area (Å²) in [6, 6.07) is 0.683. The minimum absolute atomic E-state index is 0.683. The molecule has 0 aromatic rings. The van der Waals surface area contributed by atoms with E-state index in [9.17, 15) is 0 Å². The number of hydrogen-bond donors (Lipinski definition) is 1. The molecular formula is C12H22N2S2. The summed E-state index contributed by atoms with van der Waals surface area (Å²) in [4.78, 5) is 4.61. The van der Waals surface area contributed by atoms with Crippen LogP contribution in [0.15, 0.2) is 4.99 Å². The maximum absolute atomic E-state index is 4.61. The van der Waals surface area contributed by atoms with Crippen molar-refractivity contribution < 1.29 is 0 Å². The Morgan fingerprint density at radius 1 is 1.31 bits per heavy atom. The Morgan fingerprint density at radius 2 is 2.06 bits per heavy atom. The summed E-state index contributed by atoms with van der Waals surface area (Å²) in [5, 5.41) is 5.73. The number of nitrogens with one attached hydrogen (secondary N) is 1. The summed E-state index contributed by atoms with van der Waals surface area (Å²) in [7, 11) is 0. The number of nitrogens with zero attached hydrogens (tertiary/aromatic N) is 1. The molecule has 1 heterocycles. The average Bonchev–Trinajstić information content (AvgIpc) is 2.33. The first kappa shape index (κ1) is 12.6. The van der Waals surface area contributed by atoms with Crippen LogP contribution in [0, 0.1) is 5.92 Å². The van der Waals surface area contributed by atoms with Crippen LogP contribution in [-0.2, 0) is 0 Å². The van der Waals surface area contributed by atoms with Gasteiger partial charge in [0, 0.05) is 23.6 Å². The Morgan fingerprint density at radius 3 is 2.62 bits per heavy atom. The van der Waals surface area contributed by atoms with E-state index in [1.165, 1.54) is 36.6 Å². The molecule has 1 fully saturated rings. The fourth-order valence-corrected chi connectivity index (χ4v) is 3.97. The van der Waals surface area contributed by atoms with Gasteiger partial charge in [0.05, 0.1) is 0 Å². The second kappa shape index (κ2) is 6.20. The second-order valence-electron chi connectivity index (χ2n) is 4.92. The van der Waals surface area contributed by atoms with Crippen LogP contribution in [0.3, 0.4) is 0 Å². The van der Waals surface area contributed by atoms with Gasteiger partial charge in [0.2, 0.25) is 0 Å². The van der Waals surface area contributed by atoms with Crippen molar-refractivity contribution in [2.24, 2.45) is 10.9 Å². The Labute approximate surface area is 107 Å². The van der Waals surface area contributed by atoms with Crippen molar-refractivity contribution in [3.63, 3.8) is 0 Å². The number of aliphatic imine (C=N–C) groups is 1. The van der Waals surface area contributed by atoms with Gasteiger partial charge in [0.25, 0.3) is 0 Å². The molecule has 1 aliphatic carbocycles. The first-order valence-corrected chi connectivity index (χ1v) is 8.52. The SMILES string of the molecule is CSC1CCC(NC2=NCC(C)CS2)CC1. The molecular weight excluding hydrogens is 236 g/mol. The molecule has 0 aromatic carbocycles. The zero-order valence-electron chi connectivity index (χ0n) is 10.2. The molecule has 0 aromatic heterocycles. The molecule has 0 saturated heterocycles. The Kier molecular flexibility index (Phi) is 4.89. The largest absolute Gasteiger partial charge is 0.362 e. The van der Waals surface area contributed by atoms with Crippen LogP contribution >= 0.6 is 23.5 Å². The van der Waals surface area contributed by atoms with E-state index >= 15 is 0 Å². The number of hydrogen-bond acceptors (Lipinski definition) is 4. The van der Waals surface area contributed by atoms with Gasteiger partial charge in [-0.2, -0.15) is 11.8 Å². The van der Waals surface area contributed by atoms with Crippen molar-refractivity contribution in [2.75, 3.05) is 18.6 Å². The second-order valence-corrected chi connectivity index (χ2v) is 7.06. The highest BCUT2D eigenvalue weighted by Crippen LogP contribution is 2.27. The van der Waals surface area contributed by atoms with E-state index in [2.05, 4.69) is 23.5 Å². The Hall–Kier alpha value is 0.170. The first-order chi connectivity index (χ1) is 7.78. The van der Waals surface area contributed by atoms with Crippen LogP contribution in [0.5, 0.6) is 0 Å². The van der Waals surface area contributed by atoms with E-state index in [1.54, 1.807) is 0 Å². The van der Waals surface area contributed by atoms with E-state index in [0.29, 0.717) is 6.04 Å². The molecule has 1 aliphatic heterocycles. The van der Waals surface area contributed by atoms with Crippen LogP contribution in [0.4, 0.5) is 0 Å². The van der Waals surface area contributed by atoms with E-state index in [1.807, 2.05) is 23.5 Å². The highest BCUT2D eigenvalue weighted by atomic mass is 32.2. The lowest BCUT2D eigenvalue weighted by Gasteiger charge is -2.30. The highest BCUT2D eigenvalue weighted by molar-refractivity contribution is 8.13. The zero-order chi connectivity index (χ0) is 11.4. The van der Waals surface area contributed by atoms with E-state index < -0.39 is 0 Å². The van der Waals surface area contributed by atoms with Crippen LogP contribution < -0.4 is 5.32 Å². The lowest BCUT2D eigenvalue weighted by atomic mass is 9.95. The summed E-state index contributed by atoms with van der Waals surface area (Å²) in [6.45, 7) is 3.28. The minimum Gasteiger partial charge on any atom is -0.362 e. The Balaban J connectivity index is 1.74. The predicted molar refractivity (Wildman–Crippen MR) is 76.6 cm³/mol. The number of rotatable bonds is 2. The van der Waals surface area contributed by atoms with Gasteiger partial charge in [0.15, 0.2) is 5.17 Å². The summed E-state index contributed by atoms with van der Waals surface area (Å²) in [6.07, 6.45) is 7.61. The third kappa shape index (κ3) is 3.59. The van der Waals surface area contributed by atoms with Crippen LogP contribution in [0.1, 0.15) is 32.6 Å². The van der Waals surface area contributed by atoms with E-state index in [0.717, 1.165) is 17.7 Å². The maximum atomic E-state index is 4.61. The zero-order valence-corrected chi connectivity index (χ0v) is 11.9. The van der Waals surface area contributed by atoms with Gasteiger partial charge >= 0.3 is 0 Å². The topological polar surface area (TPSA) is 24.4 Å². The van der Waals surface area contributed by atoms with Crippen LogP contribution in [0.25, 0.3) is 0 Å². The molecule has 0 spiro atoms. The molecule has 1 N–H and O–H groups in total. The van der Waals surface area contributed by atoms with Crippen molar-refractivity contribution in [3.05, 3.63) is 0 Å². The van der Waals surface area contributed by atoms with E-state index in [-0.39, 0.29) is 0 Å². The fourth-order valence-electron chi connectivity index (χ4n) is 2.26. The highest BCUT2D eigenvalue weighted by Gasteiger charge is 2.22. The molecule has 92 valence electrons. The molecule has 1 unspecified atom stereocenters. The smallest absolute Gasteiger partial charge is 0.156 e. The van der Waals surface area contributed by atoms with Gasteiger partial charge < -0.3 is 5.32 Å². The van der Waals surface area contributed by atoms with Crippen molar-refractivity contribution in [2.45, 2.75) is 43.9 Å². The number of thioether (sulfide) groups is 2. The quantitative estimate of drug-likeness (QED) is 0.824. The minimum atomic E-state index is 0.683. The lowest BCUT2D eigenvalue weighted by Crippen LogP contribution is -2.38. The molecule has 0 bridgehead atoms. The third-order valence-corrected chi connectivity index (χ3v) is 5.78. The third-order valence-electron chi connectivity index (χ3n) is 3.39. The molecule has 0 amide bonds.